The van der Waals surface area contributed by atoms with Gasteiger partial charge in [-0.05, 0) is 29.3 Å². The van der Waals surface area contributed by atoms with Gasteiger partial charge in [0, 0.05) is 13.1 Å². The summed E-state index contributed by atoms with van der Waals surface area (Å²) in [5, 5.41) is 1.79. The number of thiophene rings is 1. The third-order valence-electron chi connectivity index (χ3n) is 2.63. The van der Waals surface area contributed by atoms with Crippen molar-refractivity contribution in [2.24, 2.45) is 11.7 Å². The van der Waals surface area contributed by atoms with Crippen molar-refractivity contribution in [3.8, 4) is 0 Å². The molecule has 0 aliphatic carbocycles. The Hall–Kier alpha value is -0.430. The molecule has 0 spiro atoms. The molecule has 6 heteroatoms. The van der Waals surface area contributed by atoms with E-state index in [1.807, 2.05) is 0 Å². The molecule has 0 unspecified atom stereocenters. The zero-order chi connectivity index (χ0) is 13.6. The highest BCUT2D eigenvalue weighted by atomic mass is 32.2. The van der Waals surface area contributed by atoms with E-state index in [-0.39, 0.29) is 0 Å². The summed E-state index contributed by atoms with van der Waals surface area (Å²) in [4.78, 5) is 0. The summed E-state index contributed by atoms with van der Waals surface area (Å²) in [5.74, 6) is 0.672. The molecule has 0 saturated heterocycles. The summed E-state index contributed by atoms with van der Waals surface area (Å²) in [6.07, 6.45) is 3.07. The van der Waals surface area contributed by atoms with Crippen molar-refractivity contribution < 1.29 is 8.42 Å². The molecule has 4 nitrogen and oxygen atoms in total. The predicted molar refractivity (Wildman–Crippen MR) is 76.1 cm³/mol. The van der Waals surface area contributed by atoms with Gasteiger partial charge in [0.1, 0.15) is 4.21 Å². The van der Waals surface area contributed by atoms with Crippen LogP contribution in [0.1, 0.15) is 38.7 Å². The summed E-state index contributed by atoms with van der Waals surface area (Å²) in [5.41, 5.74) is 6.33. The second kappa shape index (κ2) is 7.23. The average Bonchev–Trinajstić information content (AvgIpc) is 2.77. The third-order valence-corrected chi connectivity index (χ3v) is 5.58. The highest BCUT2D eigenvalue weighted by molar-refractivity contribution is 7.91. The Bertz CT molecular complexity index is 452. The SMILES string of the molecule is CC(C)CCCCNS(=O)(=O)c1cc(CN)cs1. The highest BCUT2D eigenvalue weighted by Crippen LogP contribution is 2.19. The lowest BCUT2D eigenvalue weighted by Gasteiger charge is -2.06. The summed E-state index contributed by atoms with van der Waals surface area (Å²) >= 11 is 1.22. The fourth-order valence-electron chi connectivity index (χ4n) is 1.56. The number of nitrogens with one attached hydrogen (secondary N) is 1. The first-order chi connectivity index (χ1) is 8.45. The van der Waals surface area contributed by atoms with Crippen LogP contribution in [0.3, 0.4) is 0 Å². The van der Waals surface area contributed by atoms with Crippen LogP contribution in [0.4, 0.5) is 0 Å². The van der Waals surface area contributed by atoms with E-state index in [4.69, 9.17) is 5.73 Å². The van der Waals surface area contributed by atoms with Gasteiger partial charge >= 0.3 is 0 Å². The van der Waals surface area contributed by atoms with Gasteiger partial charge in [-0.2, -0.15) is 0 Å². The largest absolute Gasteiger partial charge is 0.326 e. The van der Waals surface area contributed by atoms with E-state index in [1.165, 1.54) is 11.3 Å². The third kappa shape index (κ3) is 5.06. The highest BCUT2D eigenvalue weighted by Gasteiger charge is 2.15. The first kappa shape index (κ1) is 15.6. The Labute approximate surface area is 114 Å². The van der Waals surface area contributed by atoms with Crippen molar-refractivity contribution in [2.75, 3.05) is 6.54 Å². The van der Waals surface area contributed by atoms with Crippen LogP contribution in [0, 0.1) is 5.92 Å². The zero-order valence-electron chi connectivity index (χ0n) is 11.0. The van der Waals surface area contributed by atoms with E-state index in [9.17, 15) is 8.42 Å². The van der Waals surface area contributed by atoms with Crippen LogP contribution >= 0.6 is 11.3 Å². The molecule has 1 rings (SSSR count). The molecule has 0 saturated carbocycles. The Balaban J connectivity index is 2.40. The molecule has 0 radical (unpaired) electrons. The second-order valence-corrected chi connectivity index (χ2v) is 7.67. The van der Waals surface area contributed by atoms with Crippen molar-refractivity contribution in [1.29, 1.82) is 0 Å². The molecule has 0 bridgehead atoms. The van der Waals surface area contributed by atoms with E-state index >= 15 is 0 Å². The van der Waals surface area contributed by atoms with Gasteiger partial charge in [-0.25, -0.2) is 13.1 Å². The van der Waals surface area contributed by atoms with Crippen LogP contribution < -0.4 is 10.5 Å². The first-order valence-electron chi connectivity index (χ1n) is 6.23. The minimum atomic E-state index is -3.34. The predicted octanol–water partition coefficient (Wildman–Crippen LogP) is 2.31. The molecule has 1 aromatic heterocycles. The summed E-state index contributed by atoms with van der Waals surface area (Å²) in [6.45, 7) is 5.22. The van der Waals surface area contributed by atoms with Crippen molar-refractivity contribution in [1.82, 2.24) is 4.72 Å². The molecule has 18 heavy (non-hydrogen) atoms. The van der Waals surface area contributed by atoms with Crippen molar-refractivity contribution >= 4 is 21.4 Å². The van der Waals surface area contributed by atoms with Crippen LogP contribution in [-0.2, 0) is 16.6 Å². The molecule has 0 aliphatic rings. The summed E-state index contributed by atoms with van der Waals surface area (Å²) < 4.78 is 26.8. The molecule has 0 amide bonds. The standard InChI is InChI=1S/C12H22N2O2S2/c1-10(2)5-3-4-6-14-18(15,16)12-7-11(8-13)9-17-12/h7,9-10,14H,3-6,8,13H2,1-2H3. The molecular formula is C12H22N2O2S2. The van der Waals surface area contributed by atoms with Crippen LogP contribution in [0.5, 0.6) is 0 Å². The van der Waals surface area contributed by atoms with Crippen molar-refractivity contribution in [2.45, 2.75) is 43.9 Å². The van der Waals surface area contributed by atoms with Crippen LogP contribution in [0.2, 0.25) is 0 Å². The Morgan fingerprint density at radius 1 is 1.39 bits per heavy atom. The molecule has 0 fully saturated rings. The summed E-state index contributed by atoms with van der Waals surface area (Å²) in [7, 11) is -3.34. The number of rotatable bonds is 8. The van der Waals surface area contributed by atoms with Crippen molar-refractivity contribution in [3.63, 3.8) is 0 Å². The van der Waals surface area contributed by atoms with Gasteiger partial charge in [-0.15, -0.1) is 11.3 Å². The normalized spacial score (nSPS) is 12.2. The van der Waals surface area contributed by atoms with E-state index in [0.717, 1.165) is 24.8 Å². The molecule has 1 aromatic rings. The number of hydrogen-bond donors (Lipinski definition) is 2. The molecule has 104 valence electrons. The molecular weight excluding hydrogens is 268 g/mol. The Kier molecular flexibility index (Phi) is 6.28. The summed E-state index contributed by atoms with van der Waals surface area (Å²) in [6, 6.07) is 1.64. The topological polar surface area (TPSA) is 72.2 Å². The van der Waals surface area contributed by atoms with E-state index in [1.54, 1.807) is 11.4 Å². The van der Waals surface area contributed by atoms with E-state index < -0.39 is 10.0 Å². The van der Waals surface area contributed by atoms with Gasteiger partial charge < -0.3 is 5.73 Å². The molecule has 3 N–H and O–H groups in total. The quantitative estimate of drug-likeness (QED) is 0.722. The fraction of sp³-hybridized carbons (Fsp3) is 0.667. The molecule has 0 aliphatic heterocycles. The van der Waals surface area contributed by atoms with Crippen LogP contribution in [-0.4, -0.2) is 15.0 Å². The van der Waals surface area contributed by atoms with Crippen molar-refractivity contribution in [3.05, 3.63) is 17.0 Å². The molecule has 1 heterocycles. The van der Waals surface area contributed by atoms with E-state index in [0.29, 0.717) is 23.2 Å². The number of hydrogen-bond acceptors (Lipinski definition) is 4. The minimum Gasteiger partial charge on any atom is -0.326 e. The smallest absolute Gasteiger partial charge is 0.250 e. The number of unbranched alkanes of at least 4 members (excludes halogenated alkanes) is 1. The maximum absolute atomic E-state index is 11.9. The monoisotopic (exact) mass is 290 g/mol. The Morgan fingerprint density at radius 2 is 2.11 bits per heavy atom. The molecule has 0 aromatic carbocycles. The Morgan fingerprint density at radius 3 is 2.67 bits per heavy atom. The van der Waals surface area contributed by atoms with Gasteiger partial charge in [-0.1, -0.05) is 26.7 Å². The van der Waals surface area contributed by atoms with E-state index in [2.05, 4.69) is 18.6 Å². The van der Waals surface area contributed by atoms with Gasteiger partial charge in [0.15, 0.2) is 0 Å². The lowest BCUT2D eigenvalue weighted by molar-refractivity contribution is 0.531. The van der Waals surface area contributed by atoms with Gasteiger partial charge in [0.05, 0.1) is 0 Å². The average molecular weight is 290 g/mol. The first-order valence-corrected chi connectivity index (χ1v) is 8.59. The van der Waals surface area contributed by atoms with Crippen LogP contribution in [0.25, 0.3) is 0 Å². The van der Waals surface area contributed by atoms with Gasteiger partial charge in [-0.3, -0.25) is 0 Å². The van der Waals surface area contributed by atoms with Gasteiger partial charge in [0.25, 0.3) is 0 Å². The lowest BCUT2D eigenvalue weighted by Crippen LogP contribution is -2.24. The second-order valence-electron chi connectivity index (χ2n) is 4.77. The maximum Gasteiger partial charge on any atom is 0.250 e. The fourth-order valence-corrected chi connectivity index (χ4v) is 3.90. The molecule has 0 atom stereocenters. The number of nitrogens with two attached hydrogens (primary N) is 1. The number of sulfonamides is 1. The van der Waals surface area contributed by atoms with Crippen LogP contribution in [0.15, 0.2) is 15.7 Å². The zero-order valence-corrected chi connectivity index (χ0v) is 12.6. The minimum absolute atomic E-state index is 0.354. The van der Waals surface area contributed by atoms with Gasteiger partial charge in [0.2, 0.25) is 10.0 Å². The maximum atomic E-state index is 11.9. The lowest BCUT2D eigenvalue weighted by atomic mass is 10.1.